The van der Waals surface area contributed by atoms with E-state index in [1.807, 2.05) is 0 Å². The summed E-state index contributed by atoms with van der Waals surface area (Å²) in [6.07, 6.45) is -2.06. The summed E-state index contributed by atoms with van der Waals surface area (Å²) in [6, 6.07) is 3.33. The van der Waals surface area contributed by atoms with Crippen LogP contribution in [0, 0.1) is 0 Å². The van der Waals surface area contributed by atoms with Crippen molar-refractivity contribution >= 4 is 24.0 Å². The van der Waals surface area contributed by atoms with Crippen molar-refractivity contribution in [3.05, 3.63) is 34.3 Å². The van der Waals surface area contributed by atoms with E-state index in [0.717, 1.165) is 18.9 Å². The van der Waals surface area contributed by atoms with Crippen molar-refractivity contribution in [1.82, 2.24) is 0 Å². The second-order valence-electron chi connectivity index (χ2n) is 4.13. The van der Waals surface area contributed by atoms with Gasteiger partial charge >= 0.3 is 6.18 Å². The Hall–Kier alpha value is -0.490. The summed E-state index contributed by atoms with van der Waals surface area (Å²) < 4.78 is 37.5. The van der Waals surface area contributed by atoms with Gasteiger partial charge in [-0.15, -0.1) is 12.4 Å². The van der Waals surface area contributed by atoms with Crippen LogP contribution < -0.4 is 11.5 Å². The van der Waals surface area contributed by atoms with Crippen LogP contribution in [0.1, 0.15) is 36.4 Å². The molecule has 0 aromatic heterocycles. The van der Waals surface area contributed by atoms with Gasteiger partial charge in [0, 0.05) is 6.04 Å². The smallest absolute Gasteiger partial charge is 0.330 e. The molecule has 2 nitrogen and oxygen atoms in total. The minimum atomic E-state index is -4.43. The molecule has 110 valence electrons. The number of benzene rings is 1. The largest absolute Gasteiger partial charge is 0.417 e. The van der Waals surface area contributed by atoms with E-state index in [-0.39, 0.29) is 23.5 Å². The highest BCUT2D eigenvalue weighted by molar-refractivity contribution is 6.31. The predicted molar refractivity (Wildman–Crippen MR) is 73.5 cm³/mol. The molecule has 0 unspecified atom stereocenters. The van der Waals surface area contributed by atoms with Gasteiger partial charge in [-0.1, -0.05) is 24.1 Å². The third kappa shape index (κ3) is 5.57. The molecular weight excluding hydrogens is 300 g/mol. The van der Waals surface area contributed by atoms with Crippen LogP contribution >= 0.6 is 24.0 Å². The summed E-state index contributed by atoms with van der Waals surface area (Å²) in [6.45, 7) is 0.584. The van der Waals surface area contributed by atoms with Crippen LogP contribution in [0.4, 0.5) is 13.2 Å². The molecular formula is C12H17Cl2F3N2. The van der Waals surface area contributed by atoms with Crippen LogP contribution in [0.3, 0.4) is 0 Å². The maximum absolute atomic E-state index is 12.5. The maximum Gasteiger partial charge on any atom is 0.417 e. The molecule has 7 heteroatoms. The summed E-state index contributed by atoms with van der Waals surface area (Å²) in [4.78, 5) is 0. The Kier molecular flexibility index (Phi) is 7.74. The number of hydrogen-bond donors (Lipinski definition) is 2. The minimum absolute atomic E-state index is 0. The summed E-state index contributed by atoms with van der Waals surface area (Å²) >= 11 is 5.62. The van der Waals surface area contributed by atoms with Gasteiger partial charge in [-0.25, -0.2) is 0 Å². The number of halogens is 5. The van der Waals surface area contributed by atoms with Crippen LogP contribution in [0.15, 0.2) is 18.2 Å². The van der Waals surface area contributed by atoms with Gasteiger partial charge in [0.05, 0.1) is 10.6 Å². The zero-order valence-corrected chi connectivity index (χ0v) is 11.8. The number of unbranched alkanes of at least 4 members (excludes halogenated alkanes) is 1. The molecule has 0 radical (unpaired) electrons. The normalized spacial score (nSPS) is 12.9. The van der Waals surface area contributed by atoms with Gasteiger partial charge in [-0.3, -0.25) is 0 Å². The van der Waals surface area contributed by atoms with E-state index in [9.17, 15) is 13.2 Å². The quantitative estimate of drug-likeness (QED) is 0.809. The second kappa shape index (κ2) is 7.94. The van der Waals surface area contributed by atoms with Crippen LogP contribution in [0.5, 0.6) is 0 Å². The van der Waals surface area contributed by atoms with E-state index >= 15 is 0 Å². The molecule has 19 heavy (non-hydrogen) atoms. The Labute approximate surface area is 121 Å². The lowest BCUT2D eigenvalue weighted by Crippen LogP contribution is -2.12. The monoisotopic (exact) mass is 316 g/mol. The summed E-state index contributed by atoms with van der Waals surface area (Å²) in [5.41, 5.74) is 11.0. The molecule has 0 aliphatic carbocycles. The van der Waals surface area contributed by atoms with Crippen molar-refractivity contribution in [2.75, 3.05) is 6.54 Å². The van der Waals surface area contributed by atoms with Crippen LogP contribution in [0.25, 0.3) is 0 Å². The molecule has 4 N–H and O–H groups in total. The molecule has 1 aromatic rings. The fourth-order valence-corrected chi connectivity index (χ4v) is 1.96. The first kappa shape index (κ1) is 18.5. The molecule has 0 aliphatic rings. The standard InChI is InChI=1S/C12H16ClF3N2.ClH/c13-10-7-8(11(18)3-1-2-6-17)4-5-9(10)12(14,15)16;/h4-5,7,11H,1-3,6,17-18H2;1H/t11-;/m0./s1. The highest BCUT2D eigenvalue weighted by atomic mass is 35.5. The van der Waals surface area contributed by atoms with Gasteiger partial charge < -0.3 is 11.5 Å². The number of alkyl halides is 3. The molecule has 0 heterocycles. The van der Waals surface area contributed by atoms with Crippen molar-refractivity contribution in [3.8, 4) is 0 Å². The van der Waals surface area contributed by atoms with Gasteiger partial charge in [-0.05, 0) is 37.1 Å². The first-order chi connectivity index (χ1) is 8.36. The first-order valence-corrected chi connectivity index (χ1v) is 6.06. The van der Waals surface area contributed by atoms with E-state index in [0.29, 0.717) is 18.5 Å². The lowest BCUT2D eigenvalue weighted by atomic mass is 10.0. The predicted octanol–water partition coefficient (Wildman–Crippen LogP) is 3.91. The Morgan fingerprint density at radius 1 is 1.21 bits per heavy atom. The molecule has 0 saturated heterocycles. The third-order valence-corrected chi connectivity index (χ3v) is 3.01. The fourth-order valence-electron chi connectivity index (χ4n) is 1.67. The van der Waals surface area contributed by atoms with Gasteiger partial charge in [-0.2, -0.15) is 13.2 Å². The Balaban J connectivity index is 0.00000324. The van der Waals surface area contributed by atoms with E-state index < -0.39 is 11.7 Å². The third-order valence-electron chi connectivity index (χ3n) is 2.70. The molecule has 0 amide bonds. The van der Waals surface area contributed by atoms with E-state index in [2.05, 4.69) is 0 Å². The van der Waals surface area contributed by atoms with Gasteiger partial charge in [0.1, 0.15) is 0 Å². The summed E-state index contributed by atoms with van der Waals surface area (Å²) in [7, 11) is 0. The Morgan fingerprint density at radius 3 is 2.32 bits per heavy atom. The fraction of sp³-hybridized carbons (Fsp3) is 0.500. The zero-order chi connectivity index (χ0) is 13.8. The second-order valence-corrected chi connectivity index (χ2v) is 4.54. The van der Waals surface area contributed by atoms with Crippen molar-refractivity contribution in [1.29, 1.82) is 0 Å². The molecule has 0 spiro atoms. The summed E-state index contributed by atoms with van der Waals surface area (Å²) in [5, 5.41) is -0.311. The Bertz CT molecular complexity index is 397. The minimum Gasteiger partial charge on any atom is -0.330 e. The zero-order valence-electron chi connectivity index (χ0n) is 10.2. The molecule has 0 fully saturated rings. The van der Waals surface area contributed by atoms with Crippen molar-refractivity contribution in [2.24, 2.45) is 11.5 Å². The van der Waals surface area contributed by atoms with E-state index in [1.165, 1.54) is 12.1 Å². The first-order valence-electron chi connectivity index (χ1n) is 5.68. The molecule has 0 bridgehead atoms. The van der Waals surface area contributed by atoms with Crippen LogP contribution in [0.2, 0.25) is 5.02 Å². The topological polar surface area (TPSA) is 52.0 Å². The van der Waals surface area contributed by atoms with Gasteiger partial charge in [0.25, 0.3) is 0 Å². The van der Waals surface area contributed by atoms with Crippen LogP contribution in [-0.2, 0) is 6.18 Å². The highest BCUT2D eigenvalue weighted by Crippen LogP contribution is 2.35. The van der Waals surface area contributed by atoms with E-state index in [4.69, 9.17) is 23.1 Å². The average Bonchev–Trinajstić information content (AvgIpc) is 2.27. The number of rotatable bonds is 5. The van der Waals surface area contributed by atoms with Crippen LogP contribution in [-0.4, -0.2) is 6.54 Å². The van der Waals surface area contributed by atoms with Gasteiger partial charge in [0.2, 0.25) is 0 Å². The molecule has 1 rings (SSSR count). The molecule has 0 aliphatic heterocycles. The lowest BCUT2D eigenvalue weighted by Gasteiger charge is -2.15. The molecule has 0 saturated carbocycles. The summed E-state index contributed by atoms with van der Waals surface area (Å²) in [5.74, 6) is 0. The maximum atomic E-state index is 12.5. The SMILES string of the molecule is Cl.NCCCC[C@H](N)c1ccc(C(F)(F)F)c(Cl)c1. The lowest BCUT2D eigenvalue weighted by molar-refractivity contribution is -0.137. The van der Waals surface area contributed by atoms with Crippen molar-refractivity contribution in [2.45, 2.75) is 31.5 Å². The van der Waals surface area contributed by atoms with Crippen molar-refractivity contribution < 1.29 is 13.2 Å². The van der Waals surface area contributed by atoms with Crippen molar-refractivity contribution in [3.63, 3.8) is 0 Å². The Morgan fingerprint density at radius 2 is 1.84 bits per heavy atom. The highest BCUT2D eigenvalue weighted by Gasteiger charge is 2.33. The molecule has 1 atom stereocenters. The number of nitrogens with two attached hydrogens (primary N) is 2. The average molecular weight is 317 g/mol. The number of hydrogen-bond acceptors (Lipinski definition) is 2. The van der Waals surface area contributed by atoms with Gasteiger partial charge in [0.15, 0.2) is 0 Å². The molecule has 1 aromatic carbocycles. The van der Waals surface area contributed by atoms with E-state index in [1.54, 1.807) is 0 Å².